The van der Waals surface area contributed by atoms with Crippen molar-refractivity contribution < 1.29 is 23.9 Å². The average molecular weight is 541 g/mol. The number of aliphatic hydroxyl groups is 1. The van der Waals surface area contributed by atoms with Crippen LogP contribution in [0.4, 0.5) is 4.39 Å². The van der Waals surface area contributed by atoms with Gasteiger partial charge in [0.05, 0.1) is 4.47 Å². The Bertz CT molecular complexity index is 1280. The van der Waals surface area contributed by atoms with Gasteiger partial charge in [-0.1, -0.05) is 24.3 Å². The molecule has 1 fully saturated rings. The molecule has 0 unspecified atom stereocenters. The van der Waals surface area contributed by atoms with E-state index < -0.39 is 6.10 Å². The molecular formula is C27H26BrFN2O4. The number of likely N-dealkylation sites (N-methyl/N-ethyl adjacent to an activating group) is 2. The molecule has 6 nitrogen and oxygen atoms in total. The van der Waals surface area contributed by atoms with Crippen molar-refractivity contribution in [3.8, 4) is 11.5 Å². The molecule has 1 saturated heterocycles. The van der Waals surface area contributed by atoms with E-state index in [1.54, 1.807) is 25.3 Å². The first-order valence-corrected chi connectivity index (χ1v) is 12.6. The largest absolute Gasteiger partial charge is 0.482 e. The molecular weight excluding hydrogens is 515 g/mol. The zero-order valence-electron chi connectivity index (χ0n) is 19.4. The van der Waals surface area contributed by atoms with Crippen molar-refractivity contribution in [1.29, 1.82) is 0 Å². The quantitative estimate of drug-likeness (QED) is 0.362. The molecule has 2 aromatic carbocycles. The summed E-state index contributed by atoms with van der Waals surface area (Å²) in [5, 5.41) is 12.0. The van der Waals surface area contributed by atoms with E-state index in [0.29, 0.717) is 27.6 Å². The number of carbonyl (C=O) groups is 1. The fraction of sp³-hybridized carbons (Fsp3) is 0.370. The number of likely N-dealkylation sites (tertiary alicyclic amines) is 1. The van der Waals surface area contributed by atoms with Gasteiger partial charge in [0.2, 0.25) is 0 Å². The number of carbonyl (C=O) groups excluding carboxylic acids is 1. The van der Waals surface area contributed by atoms with Crippen molar-refractivity contribution in [2.24, 2.45) is 5.92 Å². The minimum absolute atomic E-state index is 0.260. The number of hydrogen-bond acceptors (Lipinski definition) is 5. The van der Waals surface area contributed by atoms with Crippen LogP contribution in [-0.4, -0.2) is 59.9 Å². The molecule has 1 spiro atoms. The summed E-state index contributed by atoms with van der Waals surface area (Å²) in [5.74, 6) is 0.621. The summed E-state index contributed by atoms with van der Waals surface area (Å²) in [6.07, 6.45) is 7.76. The Kier molecular flexibility index (Phi) is 5.32. The second kappa shape index (κ2) is 8.18. The van der Waals surface area contributed by atoms with Crippen LogP contribution in [0.2, 0.25) is 0 Å². The first-order chi connectivity index (χ1) is 16.8. The van der Waals surface area contributed by atoms with Crippen molar-refractivity contribution in [2.45, 2.75) is 36.5 Å². The third kappa shape index (κ3) is 3.37. The van der Waals surface area contributed by atoms with Crippen molar-refractivity contribution in [2.75, 3.05) is 20.6 Å². The third-order valence-electron chi connectivity index (χ3n) is 8.04. The maximum atomic E-state index is 13.5. The number of nitrogens with zero attached hydrogens (tertiary/aromatic N) is 2. The molecule has 182 valence electrons. The topological polar surface area (TPSA) is 62.2 Å². The number of aliphatic hydroxyl groups excluding tert-OH is 1. The van der Waals surface area contributed by atoms with Gasteiger partial charge in [-0.3, -0.25) is 4.79 Å². The lowest BCUT2D eigenvalue weighted by molar-refractivity contribution is -0.146. The van der Waals surface area contributed by atoms with Crippen molar-refractivity contribution in [1.82, 2.24) is 9.96 Å². The van der Waals surface area contributed by atoms with Crippen molar-refractivity contribution >= 4 is 27.9 Å². The minimum atomic E-state index is -0.696. The smallest absolute Gasteiger partial charge is 0.278 e. The summed E-state index contributed by atoms with van der Waals surface area (Å²) in [6.45, 7) is 0.939. The molecule has 2 heterocycles. The SMILES string of the molecule is CN(Oc1ccc2c3c1O[C@H]1[C@@H](O)C=C[C@H]4[C@@H](C2)N(C)CC[C@@]341)C(=O)C=Cc1ccc(F)c(Br)c1. The van der Waals surface area contributed by atoms with E-state index in [1.165, 1.54) is 17.7 Å². The first-order valence-electron chi connectivity index (χ1n) is 11.8. The molecule has 5 atom stereocenters. The molecule has 0 radical (unpaired) electrons. The van der Waals surface area contributed by atoms with Gasteiger partial charge in [0, 0.05) is 36.1 Å². The minimum Gasteiger partial charge on any atom is -0.482 e. The molecule has 0 aromatic heterocycles. The van der Waals surface area contributed by atoms with Crippen LogP contribution in [0, 0.1) is 11.7 Å². The highest BCUT2D eigenvalue weighted by molar-refractivity contribution is 9.10. The van der Waals surface area contributed by atoms with Crippen LogP contribution in [0.3, 0.4) is 0 Å². The highest BCUT2D eigenvalue weighted by Gasteiger charge is 2.64. The second-order valence-corrected chi connectivity index (χ2v) is 10.7. The fourth-order valence-corrected chi connectivity index (χ4v) is 6.78. The predicted octanol–water partition coefficient (Wildman–Crippen LogP) is 3.86. The third-order valence-corrected chi connectivity index (χ3v) is 8.65. The van der Waals surface area contributed by atoms with Crippen LogP contribution in [0.5, 0.6) is 11.5 Å². The molecule has 35 heavy (non-hydrogen) atoms. The lowest BCUT2D eigenvalue weighted by Crippen LogP contribution is -2.64. The van der Waals surface area contributed by atoms with Gasteiger partial charge in [-0.15, -0.1) is 0 Å². The van der Waals surface area contributed by atoms with E-state index in [1.807, 2.05) is 12.1 Å². The summed E-state index contributed by atoms with van der Waals surface area (Å²) in [6, 6.07) is 8.81. The van der Waals surface area contributed by atoms with Crippen LogP contribution < -0.4 is 9.57 Å². The first kappa shape index (κ1) is 22.8. The normalized spacial score (nSPS) is 30.2. The summed E-state index contributed by atoms with van der Waals surface area (Å²) in [5.41, 5.74) is 2.75. The zero-order valence-corrected chi connectivity index (χ0v) is 21.0. The van der Waals surface area contributed by atoms with E-state index in [2.05, 4.69) is 40.0 Å². The fourth-order valence-electron chi connectivity index (χ4n) is 6.38. The van der Waals surface area contributed by atoms with Crippen LogP contribution in [0.1, 0.15) is 23.1 Å². The maximum absolute atomic E-state index is 13.5. The van der Waals surface area contributed by atoms with E-state index >= 15 is 0 Å². The Hall–Kier alpha value is -2.68. The lowest BCUT2D eigenvalue weighted by atomic mass is 9.53. The van der Waals surface area contributed by atoms with Gasteiger partial charge < -0.3 is 19.6 Å². The van der Waals surface area contributed by atoms with Gasteiger partial charge in [-0.25, -0.2) is 4.39 Å². The second-order valence-electron chi connectivity index (χ2n) is 9.84. The van der Waals surface area contributed by atoms with Gasteiger partial charge in [0.15, 0.2) is 11.5 Å². The Labute approximate surface area is 211 Å². The molecule has 8 heteroatoms. The van der Waals surface area contributed by atoms with Crippen LogP contribution >= 0.6 is 15.9 Å². The highest BCUT2D eigenvalue weighted by atomic mass is 79.9. The predicted molar refractivity (Wildman–Crippen MR) is 132 cm³/mol. The maximum Gasteiger partial charge on any atom is 0.278 e. The summed E-state index contributed by atoms with van der Waals surface area (Å²) < 4.78 is 20.2. The van der Waals surface area contributed by atoms with E-state index in [-0.39, 0.29) is 29.2 Å². The van der Waals surface area contributed by atoms with Gasteiger partial charge in [0.1, 0.15) is 18.0 Å². The number of hydrogen-bond donors (Lipinski definition) is 1. The van der Waals surface area contributed by atoms with E-state index in [4.69, 9.17) is 9.57 Å². The number of amides is 1. The Morgan fingerprint density at radius 3 is 2.97 bits per heavy atom. The van der Waals surface area contributed by atoms with Crippen LogP contribution in [0.25, 0.3) is 6.08 Å². The summed E-state index contributed by atoms with van der Waals surface area (Å²) in [7, 11) is 3.72. The van der Waals surface area contributed by atoms with E-state index in [0.717, 1.165) is 30.0 Å². The number of hydroxylamine groups is 2. The number of ether oxygens (including phenoxy) is 1. The van der Waals surface area contributed by atoms with Gasteiger partial charge in [-0.2, -0.15) is 5.06 Å². The lowest BCUT2D eigenvalue weighted by Gasteiger charge is -2.56. The molecule has 2 aliphatic carbocycles. The Balaban J connectivity index is 1.30. The molecule has 0 saturated carbocycles. The number of benzene rings is 2. The number of halogens is 2. The molecule has 1 amide bonds. The monoisotopic (exact) mass is 540 g/mol. The molecule has 2 aliphatic heterocycles. The van der Waals surface area contributed by atoms with Crippen molar-refractivity contribution in [3.05, 3.63) is 75.5 Å². The van der Waals surface area contributed by atoms with Crippen LogP contribution in [0.15, 0.2) is 53.0 Å². The Morgan fingerprint density at radius 2 is 2.17 bits per heavy atom. The highest BCUT2D eigenvalue weighted by Crippen LogP contribution is 2.62. The molecule has 6 rings (SSSR count). The number of rotatable bonds is 4. The average Bonchev–Trinajstić information content (AvgIpc) is 3.20. The van der Waals surface area contributed by atoms with Crippen molar-refractivity contribution in [3.63, 3.8) is 0 Å². The molecule has 4 aliphatic rings. The van der Waals surface area contributed by atoms with E-state index in [9.17, 15) is 14.3 Å². The molecule has 1 N–H and O–H groups in total. The summed E-state index contributed by atoms with van der Waals surface area (Å²) in [4.78, 5) is 21.1. The van der Waals surface area contributed by atoms with Gasteiger partial charge >= 0.3 is 0 Å². The number of piperidine rings is 1. The standard InChI is InChI=1S/C27H26BrFN2O4/c1-30-12-11-27-17-6-8-21(32)26(27)34-25-22(9-5-16(24(25)27)14-20(17)30)35-31(2)23(33)10-4-15-3-7-19(29)18(28)13-15/h3-10,13,17,20-21,26,32H,11-12,14H2,1-2H3/t17-,20+,21-,26-,27-/m0/s1. The molecule has 2 aromatic rings. The van der Waals surface area contributed by atoms with Gasteiger partial charge in [0.25, 0.3) is 5.91 Å². The van der Waals surface area contributed by atoms with Crippen LogP contribution in [-0.2, 0) is 16.6 Å². The summed E-state index contributed by atoms with van der Waals surface area (Å²) >= 11 is 3.15. The molecule has 2 bridgehead atoms. The zero-order chi connectivity index (χ0) is 24.5. The van der Waals surface area contributed by atoms with Gasteiger partial charge in [-0.05, 0) is 77.8 Å². The Morgan fingerprint density at radius 1 is 1.34 bits per heavy atom.